The molecule has 0 bridgehead atoms. The number of rotatable bonds is 5. The van der Waals surface area contributed by atoms with Crippen LogP contribution in [0, 0.1) is 10.1 Å². The van der Waals surface area contributed by atoms with Crippen molar-refractivity contribution in [2.24, 2.45) is 0 Å². The van der Waals surface area contributed by atoms with Gasteiger partial charge in [0.15, 0.2) is 0 Å². The van der Waals surface area contributed by atoms with Gasteiger partial charge < -0.3 is 9.80 Å². The molecular weight excluding hydrogens is 338 g/mol. The van der Waals surface area contributed by atoms with Gasteiger partial charge in [0.1, 0.15) is 6.33 Å². The molecule has 1 aromatic heterocycles. The maximum absolute atomic E-state index is 12.1. The van der Waals surface area contributed by atoms with Gasteiger partial charge >= 0.3 is 5.69 Å². The van der Waals surface area contributed by atoms with E-state index in [4.69, 9.17) is 0 Å². The van der Waals surface area contributed by atoms with Crippen molar-refractivity contribution in [1.82, 2.24) is 20.3 Å². The topological polar surface area (TPSA) is 117 Å². The molecule has 10 nitrogen and oxygen atoms in total. The summed E-state index contributed by atoms with van der Waals surface area (Å²) in [5, 5.41) is 11.6. The van der Waals surface area contributed by atoms with Gasteiger partial charge in [-0.1, -0.05) is 18.2 Å². The first-order valence-corrected chi connectivity index (χ1v) is 8.10. The van der Waals surface area contributed by atoms with E-state index in [9.17, 15) is 14.9 Å². The number of hydrogen-bond acceptors (Lipinski definition) is 8. The van der Waals surface area contributed by atoms with Gasteiger partial charge in [0.2, 0.25) is 11.6 Å². The zero-order valence-electron chi connectivity index (χ0n) is 14.3. The third kappa shape index (κ3) is 3.86. The van der Waals surface area contributed by atoms with Crippen LogP contribution in [0.2, 0.25) is 0 Å². The van der Waals surface area contributed by atoms with E-state index in [2.05, 4.69) is 25.7 Å². The molecule has 10 heteroatoms. The van der Waals surface area contributed by atoms with Crippen molar-refractivity contribution in [3.05, 3.63) is 52.3 Å². The van der Waals surface area contributed by atoms with Crippen molar-refractivity contribution in [1.29, 1.82) is 0 Å². The second kappa shape index (κ2) is 7.74. The Labute approximate surface area is 150 Å². The molecule has 1 saturated heterocycles. The summed E-state index contributed by atoms with van der Waals surface area (Å²) in [7, 11) is 2.00. The molecule has 0 atom stereocenters. The Kier molecular flexibility index (Phi) is 5.23. The Hall–Kier alpha value is -3.27. The SMILES string of the molecule is CN1CCN(c2ncnc(NNC(=O)c3ccccc3)c2[N+](=O)[O-])CC1. The first-order valence-electron chi connectivity index (χ1n) is 8.10. The predicted octanol–water partition coefficient (Wildman–Crippen LogP) is 0.893. The lowest BCUT2D eigenvalue weighted by atomic mass is 10.2. The number of anilines is 2. The van der Waals surface area contributed by atoms with Crippen molar-refractivity contribution in [3.63, 3.8) is 0 Å². The van der Waals surface area contributed by atoms with E-state index in [1.54, 1.807) is 30.3 Å². The number of nitrogens with zero attached hydrogens (tertiary/aromatic N) is 5. The predicted molar refractivity (Wildman–Crippen MR) is 95.9 cm³/mol. The molecule has 1 amide bonds. The molecule has 0 unspecified atom stereocenters. The highest BCUT2D eigenvalue weighted by Gasteiger charge is 2.28. The first-order chi connectivity index (χ1) is 12.6. The van der Waals surface area contributed by atoms with Crippen LogP contribution < -0.4 is 15.8 Å². The number of benzene rings is 1. The van der Waals surface area contributed by atoms with E-state index < -0.39 is 10.8 Å². The van der Waals surface area contributed by atoms with Gasteiger partial charge in [-0.05, 0) is 19.2 Å². The van der Waals surface area contributed by atoms with Gasteiger partial charge in [-0.3, -0.25) is 25.8 Å². The monoisotopic (exact) mass is 357 g/mol. The third-order valence-corrected chi connectivity index (χ3v) is 4.12. The maximum Gasteiger partial charge on any atom is 0.355 e. The van der Waals surface area contributed by atoms with Crippen molar-refractivity contribution in [2.75, 3.05) is 43.6 Å². The molecule has 1 aliphatic heterocycles. The van der Waals surface area contributed by atoms with Crippen molar-refractivity contribution in [3.8, 4) is 0 Å². The van der Waals surface area contributed by atoms with Crippen LogP contribution in [0.3, 0.4) is 0 Å². The standard InChI is InChI=1S/C16H19N7O3/c1-21-7-9-22(10-8-21)15-13(23(25)26)14(17-11-18-15)19-20-16(24)12-5-3-2-4-6-12/h2-6,11H,7-10H2,1H3,(H,20,24)(H,17,18,19). The number of hydrogen-bond donors (Lipinski definition) is 2. The quantitative estimate of drug-likeness (QED) is 0.599. The summed E-state index contributed by atoms with van der Waals surface area (Å²) in [4.78, 5) is 35.2. The van der Waals surface area contributed by atoms with Gasteiger partial charge in [0, 0.05) is 31.7 Å². The number of likely N-dealkylation sites (N-methyl/N-ethyl adjacent to an activating group) is 1. The number of nitrogens with one attached hydrogen (secondary N) is 2. The average molecular weight is 357 g/mol. The minimum Gasteiger partial charge on any atom is -0.348 e. The van der Waals surface area contributed by atoms with Gasteiger partial charge in [0.25, 0.3) is 5.91 Å². The van der Waals surface area contributed by atoms with E-state index >= 15 is 0 Å². The van der Waals surface area contributed by atoms with Crippen molar-refractivity contribution in [2.45, 2.75) is 0 Å². The normalized spacial score (nSPS) is 14.7. The fourth-order valence-electron chi connectivity index (χ4n) is 2.66. The summed E-state index contributed by atoms with van der Waals surface area (Å²) in [6, 6.07) is 8.53. The van der Waals surface area contributed by atoms with Crippen LogP contribution in [-0.2, 0) is 0 Å². The third-order valence-electron chi connectivity index (χ3n) is 4.12. The molecule has 1 aromatic carbocycles. The Morgan fingerprint density at radius 1 is 1.15 bits per heavy atom. The molecule has 3 rings (SSSR count). The molecule has 0 spiro atoms. The summed E-state index contributed by atoms with van der Waals surface area (Å²) in [5.74, 6) is -0.225. The highest BCUT2D eigenvalue weighted by Crippen LogP contribution is 2.31. The summed E-state index contributed by atoms with van der Waals surface area (Å²) >= 11 is 0. The highest BCUT2D eigenvalue weighted by molar-refractivity contribution is 5.95. The average Bonchev–Trinajstić information content (AvgIpc) is 2.67. The van der Waals surface area contributed by atoms with Crippen molar-refractivity contribution < 1.29 is 9.72 Å². The molecule has 1 aliphatic rings. The Balaban J connectivity index is 1.80. The lowest BCUT2D eigenvalue weighted by molar-refractivity contribution is -0.383. The second-order valence-corrected chi connectivity index (χ2v) is 5.89. The molecule has 0 saturated carbocycles. The lowest BCUT2D eigenvalue weighted by Gasteiger charge is -2.32. The van der Waals surface area contributed by atoms with Crippen LogP contribution in [0.1, 0.15) is 10.4 Å². The minimum atomic E-state index is -0.537. The Bertz CT molecular complexity index is 792. The smallest absolute Gasteiger partial charge is 0.348 e. The van der Waals surface area contributed by atoms with E-state index in [1.165, 1.54) is 6.33 Å². The molecule has 1 fully saturated rings. The first kappa shape index (κ1) is 17.5. The van der Waals surface area contributed by atoms with E-state index in [0.29, 0.717) is 18.7 Å². The molecule has 136 valence electrons. The van der Waals surface area contributed by atoms with Crippen LogP contribution >= 0.6 is 0 Å². The number of aromatic nitrogens is 2. The summed E-state index contributed by atoms with van der Waals surface area (Å²) < 4.78 is 0. The lowest BCUT2D eigenvalue weighted by Crippen LogP contribution is -2.45. The molecule has 0 aliphatic carbocycles. The Morgan fingerprint density at radius 2 is 1.85 bits per heavy atom. The highest BCUT2D eigenvalue weighted by atomic mass is 16.6. The van der Waals surface area contributed by atoms with Crippen LogP contribution in [0.15, 0.2) is 36.7 Å². The van der Waals surface area contributed by atoms with Gasteiger partial charge in [-0.15, -0.1) is 0 Å². The molecule has 2 N–H and O–H groups in total. The van der Waals surface area contributed by atoms with E-state index in [-0.39, 0.29) is 17.3 Å². The fourth-order valence-corrected chi connectivity index (χ4v) is 2.66. The zero-order valence-corrected chi connectivity index (χ0v) is 14.3. The summed E-state index contributed by atoms with van der Waals surface area (Å²) in [6.07, 6.45) is 1.25. The van der Waals surface area contributed by atoms with Crippen LogP contribution in [0.4, 0.5) is 17.3 Å². The van der Waals surface area contributed by atoms with E-state index in [0.717, 1.165) is 13.1 Å². The molecular formula is C16H19N7O3. The number of carbonyl (C=O) groups excluding carboxylic acids is 1. The van der Waals surface area contributed by atoms with Crippen LogP contribution in [-0.4, -0.2) is 58.9 Å². The minimum absolute atomic E-state index is 0.0526. The fraction of sp³-hybridized carbons (Fsp3) is 0.312. The molecule has 0 radical (unpaired) electrons. The molecule has 2 heterocycles. The number of carbonyl (C=O) groups is 1. The number of nitro groups is 1. The largest absolute Gasteiger partial charge is 0.355 e. The summed E-state index contributed by atoms with van der Waals surface area (Å²) in [5.41, 5.74) is 5.16. The number of amides is 1. The van der Waals surface area contributed by atoms with Crippen LogP contribution in [0.25, 0.3) is 0 Å². The maximum atomic E-state index is 12.1. The molecule has 26 heavy (non-hydrogen) atoms. The number of hydrazine groups is 1. The zero-order chi connectivity index (χ0) is 18.5. The second-order valence-electron chi connectivity index (χ2n) is 5.89. The summed E-state index contributed by atoms with van der Waals surface area (Å²) in [6.45, 7) is 2.83. The van der Waals surface area contributed by atoms with E-state index in [1.807, 2.05) is 11.9 Å². The number of piperazine rings is 1. The van der Waals surface area contributed by atoms with Gasteiger partial charge in [0.05, 0.1) is 4.92 Å². The Morgan fingerprint density at radius 3 is 2.50 bits per heavy atom. The van der Waals surface area contributed by atoms with Crippen LogP contribution in [0.5, 0.6) is 0 Å². The van der Waals surface area contributed by atoms with Gasteiger partial charge in [-0.25, -0.2) is 9.97 Å². The van der Waals surface area contributed by atoms with Crippen molar-refractivity contribution >= 4 is 23.2 Å². The van der Waals surface area contributed by atoms with Gasteiger partial charge in [-0.2, -0.15) is 0 Å². The molecule has 2 aromatic rings.